The molecule has 0 spiro atoms. The first-order valence-electron chi connectivity index (χ1n) is 6.45. The topological polar surface area (TPSA) is 67.4 Å². The van der Waals surface area contributed by atoms with Crippen molar-refractivity contribution in [3.05, 3.63) is 30.1 Å². The highest BCUT2D eigenvalue weighted by Gasteiger charge is 2.47. The number of carbonyl (C=O) groups is 2. The van der Waals surface area contributed by atoms with Crippen LogP contribution in [0.5, 0.6) is 0 Å². The largest absolute Gasteiger partial charge is 0.383 e. The number of rotatable bonds is 6. The Morgan fingerprint density at radius 2 is 1.90 bits per heavy atom. The molecule has 2 amide bonds. The van der Waals surface area contributed by atoms with E-state index in [0.29, 0.717) is 25.3 Å². The van der Waals surface area contributed by atoms with Crippen LogP contribution in [0.1, 0.15) is 6.42 Å². The summed E-state index contributed by atoms with van der Waals surface area (Å²) >= 11 is 0. The van der Waals surface area contributed by atoms with E-state index in [2.05, 4.69) is 10.6 Å². The second kappa shape index (κ2) is 6.47. The third-order valence-corrected chi connectivity index (χ3v) is 3.18. The summed E-state index contributed by atoms with van der Waals surface area (Å²) in [4.78, 5) is 23.6. The molecule has 0 radical (unpaired) electrons. The van der Waals surface area contributed by atoms with E-state index in [4.69, 9.17) is 4.74 Å². The maximum atomic E-state index is 12.7. The number of hydrogen-bond acceptors (Lipinski definition) is 3. The van der Waals surface area contributed by atoms with Crippen molar-refractivity contribution in [2.75, 3.05) is 25.6 Å². The molecular formula is C14H17FN2O3. The quantitative estimate of drug-likeness (QED) is 0.768. The third kappa shape index (κ3) is 3.77. The molecule has 2 rings (SSSR count). The monoisotopic (exact) mass is 280 g/mol. The average molecular weight is 280 g/mol. The van der Waals surface area contributed by atoms with Crippen molar-refractivity contribution in [3.63, 3.8) is 0 Å². The minimum absolute atomic E-state index is 0.124. The summed E-state index contributed by atoms with van der Waals surface area (Å²) in [5.74, 6) is -1.26. The third-order valence-electron chi connectivity index (χ3n) is 3.18. The molecule has 0 aliphatic heterocycles. The van der Waals surface area contributed by atoms with E-state index < -0.39 is 0 Å². The van der Waals surface area contributed by atoms with Crippen LogP contribution < -0.4 is 10.6 Å². The van der Waals surface area contributed by atoms with Gasteiger partial charge in [0.25, 0.3) is 0 Å². The lowest BCUT2D eigenvalue weighted by atomic mass is 10.2. The standard InChI is InChI=1S/C14H17FN2O3/c1-20-7-6-16-13(18)11-8-12(11)14(19)17-10-4-2-9(15)3-5-10/h2-5,11-12H,6-8H2,1H3,(H,16,18)(H,17,19). The smallest absolute Gasteiger partial charge is 0.228 e. The summed E-state index contributed by atoms with van der Waals surface area (Å²) in [5.41, 5.74) is 0.529. The van der Waals surface area contributed by atoms with Crippen molar-refractivity contribution >= 4 is 17.5 Å². The summed E-state index contributed by atoms with van der Waals surface area (Å²) < 4.78 is 17.6. The maximum Gasteiger partial charge on any atom is 0.228 e. The van der Waals surface area contributed by atoms with Gasteiger partial charge in [-0.3, -0.25) is 9.59 Å². The normalized spacial score (nSPS) is 20.3. The van der Waals surface area contributed by atoms with Crippen molar-refractivity contribution in [3.8, 4) is 0 Å². The van der Waals surface area contributed by atoms with E-state index in [1.165, 1.54) is 24.3 Å². The molecule has 5 nitrogen and oxygen atoms in total. The Hall–Kier alpha value is -1.95. The average Bonchev–Trinajstić information content (AvgIpc) is 3.22. The van der Waals surface area contributed by atoms with Gasteiger partial charge in [0.1, 0.15) is 5.82 Å². The number of hydrogen-bond donors (Lipinski definition) is 2. The molecule has 1 aromatic rings. The van der Waals surface area contributed by atoms with Crippen molar-refractivity contribution < 1.29 is 18.7 Å². The van der Waals surface area contributed by atoms with Gasteiger partial charge in [0.05, 0.1) is 18.4 Å². The van der Waals surface area contributed by atoms with E-state index in [-0.39, 0.29) is 29.5 Å². The molecule has 0 aromatic heterocycles. The van der Waals surface area contributed by atoms with E-state index in [1.54, 1.807) is 7.11 Å². The lowest BCUT2D eigenvalue weighted by Gasteiger charge is -2.05. The van der Waals surface area contributed by atoms with Crippen LogP contribution in [0.3, 0.4) is 0 Å². The highest BCUT2D eigenvalue weighted by molar-refractivity contribution is 5.99. The Balaban J connectivity index is 1.78. The van der Waals surface area contributed by atoms with Gasteiger partial charge >= 0.3 is 0 Å². The molecule has 0 bridgehead atoms. The molecule has 1 aromatic carbocycles. The Morgan fingerprint density at radius 1 is 1.25 bits per heavy atom. The second-order valence-corrected chi connectivity index (χ2v) is 4.73. The van der Waals surface area contributed by atoms with E-state index in [0.717, 1.165) is 0 Å². The fourth-order valence-corrected chi connectivity index (χ4v) is 1.95. The number of halogens is 1. The first-order valence-corrected chi connectivity index (χ1v) is 6.45. The molecule has 2 atom stereocenters. The first kappa shape index (κ1) is 14.5. The molecule has 1 aliphatic carbocycles. The van der Waals surface area contributed by atoms with Crippen molar-refractivity contribution in [2.45, 2.75) is 6.42 Å². The highest BCUT2D eigenvalue weighted by Crippen LogP contribution is 2.39. The Kier molecular flexibility index (Phi) is 4.68. The number of amides is 2. The maximum absolute atomic E-state index is 12.7. The van der Waals surface area contributed by atoms with Crippen molar-refractivity contribution in [1.82, 2.24) is 5.32 Å². The van der Waals surface area contributed by atoms with Gasteiger partial charge in [-0.1, -0.05) is 0 Å². The summed E-state index contributed by atoms with van der Waals surface area (Å²) in [7, 11) is 1.56. The molecule has 1 aliphatic rings. The summed E-state index contributed by atoms with van der Waals surface area (Å²) in [6.45, 7) is 0.892. The number of anilines is 1. The molecule has 0 heterocycles. The van der Waals surface area contributed by atoms with Crippen molar-refractivity contribution in [1.29, 1.82) is 0 Å². The van der Waals surface area contributed by atoms with Crippen LogP contribution in [0.15, 0.2) is 24.3 Å². The van der Waals surface area contributed by atoms with Crippen LogP contribution in [-0.4, -0.2) is 32.1 Å². The summed E-state index contributed by atoms with van der Waals surface area (Å²) in [6, 6.07) is 5.53. The highest BCUT2D eigenvalue weighted by atomic mass is 19.1. The fourth-order valence-electron chi connectivity index (χ4n) is 1.95. The Morgan fingerprint density at radius 3 is 2.55 bits per heavy atom. The molecule has 2 unspecified atom stereocenters. The van der Waals surface area contributed by atoms with Gasteiger partial charge in [-0.05, 0) is 30.7 Å². The van der Waals surface area contributed by atoms with Gasteiger partial charge in [-0.25, -0.2) is 4.39 Å². The number of methoxy groups -OCH3 is 1. The number of nitrogens with one attached hydrogen (secondary N) is 2. The molecule has 1 saturated carbocycles. The number of carbonyl (C=O) groups excluding carboxylic acids is 2. The van der Waals surface area contributed by atoms with E-state index in [1.807, 2.05) is 0 Å². The number of ether oxygens (including phenoxy) is 1. The van der Waals surface area contributed by atoms with Gasteiger partial charge in [-0.15, -0.1) is 0 Å². The lowest BCUT2D eigenvalue weighted by Crippen LogP contribution is -2.30. The Bertz CT molecular complexity index is 490. The molecule has 0 saturated heterocycles. The summed E-state index contributed by atoms with van der Waals surface area (Å²) in [5, 5.41) is 5.38. The molecule has 20 heavy (non-hydrogen) atoms. The predicted molar refractivity (Wildman–Crippen MR) is 71.5 cm³/mol. The van der Waals surface area contributed by atoms with Crippen LogP contribution in [0.2, 0.25) is 0 Å². The lowest BCUT2D eigenvalue weighted by molar-refractivity contribution is -0.125. The Labute approximate surface area is 116 Å². The predicted octanol–water partition coefficient (Wildman–Crippen LogP) is 1.16. The zero-order valence-corrected chi connectivity index (χ0v) is 11.2. The molecule has 108 valence electrons. The zero-order valence-electron chi connectivity index (χ0n) is 11.2. The van der Waals surface area contributed by atoms with Crippen LogP contribution in [0.25, 0.3) is 0 Å². The minimum atomic E-state index is -0.357. The second-order valence-electron chi connectivity index (χ2n) is 4.73. The zero-order chi connectivity index (χ0) is 14.5. The molecule has 6 heteroatoms. The van der Waals surface area contributed by atoms with Gasteiger partial charge in [0.2, 0.25) is 11.8 Å². The minimum Gasteiger partial charge on any atom is -0.383 e. The van der Waals surface area contributed by atoms with E-state index >= 15 is 0 Å². The van der Waals surface area contributed by atoms with Gasteiger partial charge in [0.15, 0.2) is 0 Å². The molecule has 2 N–H and O–H groups in total. The van der Waals surface area contributed by atoms with E-state index in [9.17, 15) is 14.0 Å². The van der Waals surface area contributed by atoms with Crippen LogP contribution in [0.4, 0.5) is 10.1 Å². The van der Waals surface area contributed by atoms with Gasteiger partial charge < -0.3 is 15.4 Å². The van der Waals surface area contributed by atoms with Crippen LogP contribution >= 0.6 is 0 Å². The van der Waals surface area contributed by atoms with Crippen molar-refractivity contribution in [2.24, 2.45) is 11.8 Å². The summed E-state index contributed by atoms with van der Waals surface area (Å²) in [6.07, 6.45) is 0.547. The fraction of sp³-hybridized carbons (Fsp3) is 0.429. The SMILES string of the molecule is COCCNC(=O)C1CC1C(=O)Nc1ccc(F)cc1. The van der Waals surface area contributed by atoms with Gasteiger partial charge in [-0.2, -0.15) is 0 Å². The number of benzene rings is 1. The molecule has 1 fully saturated rings. The van der Waals surface area contributed by atoms with Crippen LogP contribution in [-0.2, 0) is 14.3 Å². The first-order chi connectivity index (χ1) is 9.61. The van der Waals surface area contributed by atoms with Crippen LogP contribution in [0, 0.1) is 17.7 Å². The van der Waals surface area contributed by atoms with Gasteiger partial charge in [0, 0.05) is 19.3 Å². The molecular weight excluding hydrogens is 263 g/mol.